The Bertz CT molecular complexity index is 706. The van der Waals surface area contributed by atoms with Gasteiger partial charge in [0.2, 0.25) is 0 Å². The minimum absolute atomic E-state index is 0.0535. The summed E-state index contributed by atoms with van der Waals surface area (Å²) in [4.78, 5) is 12.0. The maximum atomic E-state index is 12.0. The lowest BCUT2D eigenvalue weighted by molar-refractivity contribution is -0.123. The number of nitrogens with one attached hydrogen (secondary N) is 2. The molecule has 0 radical (unpaired) electrons. The van der Waals surface area contributed by atoms with Crippen LogP contribution in [0.4, 0.5) is 5.69 Å². The van der Waals surface area contributed by atoms with Crippen molar-refractivity contribution >= 4 is 11.6 Å². The van der Waals surface area contributed by atoms with Crippen LogP contribution >= 0.6 is 0 Å². The minimum Gasteiger partial charge on any atom is -0.484 e. The second kappa shape index (κ2) is 9.33. The third kappa shape index (κ3) is 6.19. The van der Waals surface area contributed by atoms with Gasteiger partial charge >= 0.3 is 0 Å². The fourth-order valence-corrected chi connectivity index (χ4v) is 2.25. The summed E-state index contributed by atoms with van der Waals surface area (Å²) in [6, 6.07) is 18.8. The zero-order chi connectivity index (χ0) is 18.1. The molecule has 2 N–H and O–H groups in total. The molecule has 0 fully saturated rings. The fourth-order valence-electron chi connectivity index (χ4n) is 2.25. The third-order valence-corrected chi connectivity index (χ3v) is 3.80. The van der Waals surface area contributed by atoms with Crippen molar-refractivity contribution < 1.29 is 9.53 Å². The number of nitriles is 1. The van der Waals surface area contributed by atoms with Crippen molar-refractivity contribution in [3.8, 4) is 11.8 Å². The normalized spacial score (nSPS) is 11.4. The molecule has 0 spiro atoms. The Labute approximate surface area is 148 Å². The Morgan fingerprint density at radius 2 is 1.80 bits per heavy atom. The summed E-state index contributed by atoms with van der Waals surface area (Å²) < 4.78 is 5.44. The molecule has 5 heteroatoms. The Morgan fingerprint density at radius 3 is 2.40 bits per heavy atom. The molecule has 5 nitrogen and oxygen atoms in total. The molecular weight excluding hydrogens is 314 g/mol. The second-order valence-corrected chi connectivity index (χ2v) is 6.09. The molecule has 130 valence electrons. The SMILES string of the molecule is CC(C)C(CNC(=O)COc1ccc(C#N)cc1)Nc1ccccc1. The summed E-state index contributed by atoms with van der Waals surface area (Å²) in [5.74, 6) is 0.752. The highest BCUT2D eigenvalue weighted by Gasteiger charge is 2.14. The number of ether oxygens (including phenoxy) is 1. The molecule has 0 saturated heterocycles. The molecule has 0 heterocycles. The number of amides is 1. The second-order valence-electron chi connectivity index (χ2n) is 6.09. The van der Waals surface area contributed by atoms with Crippen molar-refractivity contribution in [2.45, 2.75) is 19.9 Å². The molecule has 0 aliphatic carbocycles. The molecule has 0 aromatic heterocycles. The number of benzene rings is 2. The predicted octanol–water partition coefficient (Wildman–Crippen LogP) is 3.19. The lowest BCUT2D eigenvalue weighted by Gasteiger charge is -2.24. The maximum Gasteiger partial charge on any atom is 0.258 e. The van der Waals surface area contributed by atoms with Gasteiger partial charge in [0.25, 0.3) is 5.91 Å². The van der Waals surface area contributed by atoms with Gasteiger partial charge in [-0.25, -0.2) is 0 Å². The zero-order valence-electron chi connectivity index (χ0n) is 14.5. The van der Waals surface area contributed by atoms with Gasteiger partial charge < -0.3 is 15.4 Å². The molecular formula is C20H23N3O2. The van der Waals surface area contributed by atoms with Gasteiger partial charge in [0, 0.05) is 18.3 Å². The molecule has 2 aromatic carbocycles. The van der Waals surface area contributed by atoms with E-state index in [4.69, 9.17) is 10.00 Å². The molecule has 2 aromatic rings. The van der Waals surface area contributed by atoms with Gasteiger partial charge in [-0.3, -0.25) is 4.79 Å². The largest absolute Gasteiger partial charge is 0.484 e. The Kier molecular flexibility index (Phi) is 6.85. The van der Waals surface area contributed by atoms with Gasteiger partial charge in [0.1, 0.15) is 5.75 Å². The van der Waals surface area contributed by atoms with Crippen LogP contribution in [-0.2, 0) is 4.79 Å². The number of nitrogens with zero attached hydrogens (tertiary/aromatic N) is 1. The fraction of sp³-hybridized carbons (Fsp3) is 0.300. The molecule has 0 aliphatic rings. The van der Waals surface area contributed by atoms with Crippen LogP contribution in [0, 0.1) is 17.2 Å². The van der Waals surface area contributed by atoms with E-state index in [-0.39, 0.29) is 18.6 Å². The van der Waals surface area contributed by atoms with E-state index in [0.29, 0.717) is 23.8 Å². The molecule has 1 atom stereocenters. The van der Waals surface area contributed by atoms with Gasteiger partial charge in [-0.15, -0.1) is 0 Å². The van der Waals surface area contributed by atoms with Crippen LogP contribution in [0.25, 0.3) is 0 Å². The topological polar surface area (TPSA) is 74.1 Å². The van der Waals surface area contributed by atoms with Gasteiger partial charge in [0.05, 0.1) is 11.6 Å². The van der Waals surface area contributed by atoms with Crippen LogP contribution in [0.1, 0.15) is 19.4 Å². The molecule has 0 saturated carbocycles. The van der Waals surface area contributed by atoms with E-state index in [0.717, 1.165) is 5.69 Å². The van der Waals surface area contributed by atoms with E-state index in [1.165, 1.54) is 0 Å². The first-order valence-corrected chi connectivity index (χ1v) is 8.29. The van der Waals surface area contributed by atoms with Crippen molar-refractivity contribution in [1.29, 1.82) is 5.26 Å². The monoisotopic (exact) mass is 337 g/mol. The van der Waals surface area contributed by atoms with E-state index in [1.807, 2.05) is 36.4 Å². The highest BCUT2D eigenvalue weighted by atomic mass is 16.5. The first-order valence-electron chi connectivity index (χ1n) is 8.29. The Hall–Kier alpha value is -3.00. The van der Waals surface area contributed by atoms with Crippen molar-refractivity contribution in [3.63, 3.8) is 0 Å². The highest BCUT2D eigenvalue weighted by Crippen LogP contribution is 2.12. The minimum atomic E-state index is -0.176. The summed E-state index contributed by atoms with van der Waals surface area (Å²) in [6.45, 7) is 4.68. The standard InChI is InChI=1S/C20H23N3O2/c1-15(2)19(23-17-6-4-3-5-7-17)13-22-20(24)14-25-18-10-8-16(12-21)9-11-18/h3-11,15,19,23H,13-14H2,1-2H3,(H,22,24). The van der Waals surface area contributed by atoms with Crippen LogP contribution in [0.5, 0.6) is 5.75 Å². The molecule has 0 bridgehead atoms. The smallest absolute Gasteiger partial charge is 0.258 e. The predicted molar refractivity (Wildman–Crippen MR) is 98.4 cm³/mol. The number of hydrogen-bond acceptors (Lipinski definition) is 4. The van der Waals surface area contributed by atoms with E-state index in [9.17, 15) is 4.79 Å². The average molecular weight is 337 g/mol. The number of para-hydroxylation sites is 1. The van der Waals surface area contributed by atoms with Crippen molar-refractivity contribution in [3.05, 3.63) is 60.2 Å². The van der Waals surface area contributed by atoms with Crippen molar-refractivity contribution in [2.24, 2.45) is 5.92 Å². The van der Waals surface area contributed by atoms with Crippen molar-refractivity contribution in [2.75, 3.05) is 18.5 Å². The first-order chi connectivity index (χ1) is 12.1. The van der Waals surface area contributed by atoms with Crippen molar-refractivity contribution in [1.82, 2.24) is 5.32 Å². The molecule has 1 amide bonds. The van der Waals surface area contributed by atoms with Gasteiger partial charge in [0.15, 0.2) is 6.61 Å². The summed E-state index contributed by atoms with van der Waals surface area (Å²) in [5.41, 5.74) is 1.59. The summed E-state index contributed by atoms with van der Waals surface area (Å²) in [7, 11) is 0. The Morgan fingerprint density at radius 1 is 1.12 bits per heavy atom. The summed E-state index contributed by atoms with van der Waals surface area (Å²) >= 11 is 0. The van der Waals surface area contributed by atoms with Crippen LogP contribution < -0.4 is 15.4 Å². The van der Waals surface area contributed by atoms with E-state index in [2.05, 4.69) is 24.5 Å². The zero-order valence-corrected chi connectivity index (χ0v) is 14.5. The lowest BCUT2D eigenvalue weighted by atomic mass is 10.0. The van der Waals surface area contributed by atoms with E-state index >= 15 is 0 Å². The number of hydrogen-bond donors (Lipinski definition) is 2. The van der Waals surface area contributed by atoms with Gasteiger partial charge in [-0.05, 0) is 42.3 Å². The van der Waals surface area contributed by atoms with Crippen LogP contribution in [0.15, 0.2) is 54.6 Å². The molecule has 0 aliphatic heterocycles. The van der Waals surface area contributed by atoms with Gasteiger partial charge in [-0.2, -0.15) is 5.26 Å². The first kappa shape index (κ1) is 18.3. The van der Waals surface area contributed by atoms with E-state index < -0.39 is 0 Å². The summed E-state index contributed by atoms with van der Waals surface area (Å²) in [6.07, 6.45) is 0. The Balaban J connectivity index is 1.79. The number of anilines is 1. The van der Waals surface area contributed by atoms with E-state index in [1.54, 1.807) is 24.3 Å². The van der Waals surface area contributed by atoms with Gasteiger partial charge in [-0.1, -0.05) is 32.0 Å². The van der Waals surface area contributed by atoms with Crippen LogP contribution in [-0.4, -0.2) is 25.1 Å². The molecule has 25 heavy (non-hydrogen) atoms. The number of rotatable bonds is 8. The number of carbonyl (C=O) groups is 1. The lowest BCUT2D eigenvalue weighted by Crippen LogP contribution is -2.41. The van der Waals surface area contributed by atoms with Crippen LogP contribution in [0.2, 0.25) is 0 Å². The quantitative estimate of drug-likeness (QED) is 0.776. The number of carbonyl (C=O) groups excluding carboxylic acids is 1. The maximum absolute atomic E-state index is 12.0. The summed E-state index contributed by atoms with van der Waals surface area (Å²) in [5, 5.41) is 15.1. The molecule has 2 rings (SSSR count). The molecule has 1 unspecified atom stereocenters. The third-order valence-electron chi connectivity index (χ3n) is 3.80. The van der Waals surface area contributed by atoms with Crippen LogP contribution in [0.3, 0.4) is 0 Å². The highest BCUT2D eigenvalue weighted by molar-refractivity contribution is 5.77. The average Bonchev–Trinajstić information content (AvgIpc) is 2.64.